The van der Waals surface area contributed by atoms with E-state index < -0.39 is 16.8 Å². The summed E-state index contributed by atoms with van der Waals surface area (Å²) in [6.07, 6.45) is 0. The minimum Gasteiger partial charge on any atom is -0.496 e. The molecule has 0 aliphatic carbocycles. The Morgan fingerprint density at radius 2 is 2.11 bits per heavy atom. The van der Waals surface area contributed by atoms with Crippen LogP contribution in [0, 0.1) is 5.41 Å². The smallest absolute Gasteiger partial charge is 0.310 e. The van der Waals surface area contributed by atoms with Crippen LogP contribution < -0.4 is 4.74 Å². The molecule has 2 rings (SSSR count). The first-order chi connectivity index (χ1) is 8.85. The lowest BCUT2D eigenvalue weighted by Crippen LogP contribution is -2.59. The summed E-state index contributed by atoms with van der Waals surface area (Å²) in [6, 6.07) is 5.65. The van der Waals surface area contributed by atoms with Gasteiger partial charge in [-0.05, 0) is 32.0 Å². The first kappa shape index (κ1) is 14.3. The van der Waals surface area contributed by atoms with E-state index in [0.29, 0.717) is 19.0 Å². The average molecular weight is 329 g/mol. The molecule has 1 aromatic carbocycles. The van der Waals surface area contributed by atoms with Crippen LogP contribution in [0.5, 0.6) is 5.75 Å². The monoisotopic (exact) mass is 328 g/mol. The van der Waals surface area contributed by atoms with Crippen LogP contribution >= 0.6 is 15.9 Å². The Labute approximate surface area is 120 Å². The minimum atomic E-state index is -0.931. The topological polar surface area (TPSA) is 55.8 Å². The number of benzene rings is 1. The van der Waals surface area contributed by atoms with Gasteiger partial charge in [-0.1, -0.05) is 15.9 Å². The minimum absolute atomic E-state index is 0.388. The molecule has 1 heterocycles. The number of rotatable bonds is 4. The number of carboxylic acid groups (broad SMARTS) is 1. The van der Waals surface area contributed by atoms with Crippen molar-refractivity contribution in [1.29, 1.82) is 0 Å². The fourth-order valence-electron chi connectivity index (χ4n) is 2.42. The molecule has 1 N–H and O–H groups in total. The summed E-state index contributed by atoms with van der Waals surface area (Å²) in [7, 11) is 1.59. The molecule has 0 radical (unpaired) electrons. The van der Waals surface area contributed by atoms with E-state index in [1.165, 1.54) is 0 Å². The molecule has 0 amide bonds. The average Bonchev–Trinajstić information content (AvgIpc) is 2.27. The lowest BCUT2D eigenvalue weighted by atomic mass is 9.60. The third kappa shape index (κ3) is 2.05. The van der Waals surface area contributed by atoms with Crippen LogP contribution in [0.3, 0.4) is 0 Å². The van der Waals surface area contributed by atoms with Gasteiger partial charge in [0.2, 0.25) is 0 Å². The van der Waals surface area contributed by atoms with Crippen LogP contribution in [-0.2, 0) is 14.9 Å². The SMILES string of the molecule is COc1ccc(Br)cc1C1(C(C)(C)C(=O)O)COC1. The lowest BCUT2D eigenvalue weighted by molar-refractivity contribution is -0.171. The molecular weight excluding hydrogens is 312 g/mol. The highest BCUT2D eigenvalue weighted by Crippen LogP contribution is 2.50. The van der Waals surface area contributed by atoms with Crippen LogP contribution in [0.25, 0.3) is 0 Å². The molecule has 0 atom stereocenters. The quantitative estimate of drug-likeness (QED) is 0.923. The molecule has 1 saturated heterocycles. The van der Waals surface area contributed by atoms with Crippen LogP contribution in [-0.4, -0.2) is 31.4 Å². The van der Waals surface area contributed by atoms with E-state index in [0.717, 1.165) is 10.0 Å². The fraction of sp³-hybridized carbons (Fsp3) is 0.500. The van der Waals surface area contributed by atoms with Crippen molar-refractivity contribution in [2.24, 2.45) is 5.41 Å². The Balaban J connectivity index is 2.60. The molecule has 0 spiro atoms. The molecule has 0 saturated carbocycles. The molecule has 1 aromatic rings. The molecule has 5 heteroatoms. The van der Waals surface area contributed by atoms with Crippen LogP contribution in [0.15, 0.2) is 22.7 Å². The Morgan fingerprint density at radius 1 is 1.47 bits per heavy atom. The second-order valence-electron chi connectivity index (χ2n) is 5.35. The van der Waals surface area contributed by atoms with Gasteiger partial charge in [0, 0.05) is 10.0 Å². The van der Waals surface area contributed by atoms with Crippen molar-refractivity contribution in [2.75, 3.05) is 20.3 Å². The van der Waals surface area contributed by atoms with Crippen molar-refractivity contribution in [3.8, 4) is 5.75 Å². The first-order valence-corrected chi connectivity index (χ1v) is 6.79. The molecule has 0 unspecified atom stereocenters. The second kappa shape index (κ2) is 4.80. The van der Waals surface area contributed by atoms with E-state index >= 15 is 0 Å². The lowest BCUT2D eigenvalue weighted by Gasteiger charge is -2.50. The number of ether oxygens (including phenoxy) is 2. The second-order valence-corrected chi connectivity index (χ2v) is 6.27. The summed E-state index contributed by atoms with van der Waals surface area (Å²) < 4.78 is 11.6. The predicted octanol–water partition coefficient (Wildman–Crippen LogP) is 2.84. The van der Waals surface area contributed by atoms with Gasteiger partial charge in [-0.15, -0.1) is 0 Å². The molecule has 4 nitrogen and oxygen atoms in total. The summed E-state index contributed by atoms with van der Waals surface area (Å²) in [4.78, 5) is 11.6. The largest absolute Gasteiger partial charge is 0.496 e. The van der Waals surface area contributed by atoms with Crippen LogP contribution in [0.1, 0.15) is 19.4 Å². The van der Waals surface area contributed by atoms with Gasteiger partial charge in [-0.3, -0.25) is 4.79 Å². The molecule has 1 aliphatic heterocycles. The predicted molar refractivity (Wildman–Crippen MR) is 74.6 cm³/mol. The van der Waals surface area contributed by atoms with Gasteiger partial charge < -0.3 is 14.6 Å². The normalized spacial score (nSPS) is 17.7. The molecule has 19 heavy (non-hydrogen) atoms. The molecule has 0 bridgehead atoms. The van der Waals surface area contributed by atoms with Gasteiger partial charge in [0.05, 0.1) is 31.2 Å². The van der Waals surface area contributed by atoms with E-state index in [1.54, 1.807) is 21.0 Å². The number of aliphatic carboxylic acids is 1. The summed E-state index contributed by atoms with van der Waals surface area (Å²) in [5, 5.41) is 9.53. The number of carbonyl (C=O) groups is 1. The summed E-state index contributed by atoms with van der Waals surface area (Å²) in [6.45, 7) is 4.24. The summed E-state index contributed by atoms with van der Waals surface area (Å²) in [5.41, 5.74) is -0.615. The van der Waals surface area contributed by atoms with Crippen molar-refractivity contribution in [3.05, 3.63) is 28.2 Å². The van der Waals surface area contributed by atoms with Crippen LogP contribution in [0.4, 0.5) is 0 Å². The number of carboxylic acids is 1. The van der Waals surface area contributed by atoms with Gasteiger partial charge in [-0.2, -0.15) is 0 Å². The van der Waals surface area contributed by atoms with Crippen molar-refractivity contribution in [1.82, 2.24) is 0 Å². The van der Waals surface area contributed by atoms with Gasteiger partial charge in [0.25, 0.3) is 0 Å². The molecule has 1 aliphatic rings. The standard InChI is InChI=1S/C14H17BrO4/c1-13(2,12(16)17)14(7-19-8-14)10-6-9(15)4-5-11(10)18-3/h4-6H,7-8H2,1-3H3,(H,16,17). The van der Waals surface area contributed by atoms with Crippen molar-refractivity contribution in [2.45, 2.75) is 19.3 Å². The Bertz CT molecular complexity index is 506. The highest BCUT2D eigenvalue weighted by molar-refractivity contribution is 9.10. The zero-order valence-corrected chi connectivity index (χ0v) is 12.8. The van der Waals surface area contributed by atoms with E-state index in [-0.39, 0.29) is 0 Å². The van der Waals surface area contributed by atoms with E-state index in [2.05, 4.69) is 15.9 Å². The zero-order valence-electron chi connectivity index (χ0n) is 11.2. The van der Waals surface area contributed by atoms with Gasteiger partial charge >= 0.3 is 5.97 Å². The van der Waals surface area contributed by atoms with Crippen molar-refractivity contribution < 1.29 is 19.4 Å². The van der Waals surface area contributed by atoms with E-state index in [9.17, 15) is 9.90 Å². The highest BCUT2D eigenvalue weighted by Gasteiger charge is 2.57. The van der Waals surface area contributed by atoms with Crippen molar-refractivity contribution >= 4 is 21.9 Å². The number of hydrogen-bond acceptors (Lipinski definition) is 3. The molecule has 104 valence electrons. The molecular formula is C14H17BrO4. The van der Waals surface area contributed by atoms with E-state index in [4.69, 9.17) is 9.47 Å². The third-order valence-electron chi connectivity index (χ3n) is 4.11. The Hall–Kier alpha value is -1.07. The van der Waals surface area contributed by atoms with E-state index in [1.807, 2.05) is 18.2 Å². The molecule has 0 aromatic heterocycles. The first-order valence-electron chi connectivity index (χ1n) is 6.00. The molecule has 1 fully saturated rings. The van der Waals surface area contributed by atoms with Crippen LogP contribution in [0.2, 0.25) is 0 Å². The maximum atomic E-state index is 11.6. The maximum absolute atomic E-state index is 11.6. The fourth-order valence-corrected chi connectivity index (χ4v) is 2.78. The maximum Gasteiger partial charge on any atom is 0.310 e. The Morgan fingerprint density at radius 3 is 2.53 bits per heavy atom. The Kier molecular flexibility index (Phi) is 3.62. The number of methoxy groups -OCH3 is 1. The van der Waals surface area contributed by atoms with Crippen molar-refractivity contribution in [3.63, 3.8) is 0 Å². The summed E-state index contributed by atoms with van der Waals surface area (Å²) >= 11 is 3.43. The highest BCUT2D eigenvalue weighted by atomic mass is 79.9. The third-order valence-corrected chi connectivity index (χ3v) is 4.60. The van der Waals surface area contributed by atoms with Gasteiger partial charge in [0.1, 0.15) is 5.75 Å². The number of hydrogen-bond donors (Lipinski definition) is 1. The van der Waals surface area contributed by atoms with Gasteiger partial charge in [0.15, 0.2) is 0 Å². The number of halogens is 1. The zero-order chi connectivity index (χ0) is 14.3. The summed E-state index contributed by atoms with van der Waals surface area (Å²) in [5.74, 6) is -0.140. The van der Waals surface area contributed by atoms with Gasteiger partial charge in [-0.25, -0.2) is 0 Å².